The minimum absolute atomic E-state index is 0.149. The van der Waals surface area contributed by atoms with Gasteiger partial charge in [-0.25, -0.2) is 4.39 Å². The maximum Gasteiger partial charge on any atom is 0.127 e. The standard InChI is InChI=1S/C15H17BrFNS/c1-3-10-6-7-19-15(10)14(18-2)8-11-4-5-12(16)9-13(11)17/h4-7,9,14,18H,3,8H2,1-2H3. The number of rotatable bonds is 5. The van der Waals surface area contributed by atoms with Gasteiger partial charge in [0.05, 0.1) is 0 Å². The molecule has 19 heavy (non-hydrogen) atoms. The highest BCUT2D eigenvalue weighted by atomic mass is 79.9. The van der Waals surface area contributed by atoms with E-state index in [2.05, 4.69) is 39.6 Å². The van der Waals surface area contributed by atoms with Crippen molar-refractivity contribution in [1.29, 1.82) is 0 Å². The molecule has 4 heteroatoms. The molecule has 1 nitrogen and oxygen atoms in total. The molecule has 0 saturated heterocycles. The minimum atomic E-state index is -0.149. The van der Waals surface area contributed by atoms with Crippen LogP contribution in [0.5, 0.6) is 0 Å². The molecule has 0 bridgehead atoms. The normalized spacial score (nSPS) is 12.6. The summed E-state index contributed by atoms with van der Waals surface area (Å²) < 4.78 is 14.7. The van der Waals surface area contributed by atoms with Crippen LogP contribution in [-0.4, -0.2) is 7.05 Å². The van der Waals surface area contributed by atoms with Crippen molar-refractivity contribution >= 4 is 27.3 Å². The molecule has 0 radical (unpaired) electrons. The highest BCUT2D eigenvalue weighted by Crippen LogP contribution is 2.28. The van der Waals surface area contributed by atoms with E-state index in [-0.39, 0.29) is 11.9 Å². The lowest BCUT2D eigenvalue weighted by molar-refractivity contribution is 0.557. The first kappa shape index (κ1) is 14.7. The van der Waals surface area contributed by atoms with Gasteiger partial charge in [-0.2, -0.15) is 0 Å². The largest absolute Gasteiger partial charge is 0.312 e. The Hall–Kier alpha value is -0.710. The van der Waals surface area contributed by atoms with Gasteiger partial charge in [0, 0.05) is 15.4 Å². The van der Waals surface area contributed by atoms with Gasteiger partial charge in [0.25, 0.3) is 0 Å². The Balaban J connectivity index is 2.24. The second-order valence-electron chi connectivity index (χ2n) is 4.44. The van der Waals surface area contributed by atoms with Crippen molar-refractivity contribution in [3.63, 3.8) is 0 Å². The van der Waals surface area contributed by atoms with Crippen LogP contribution in [0.15, 0.2) is 34.1 Å². The van der Waals surface area contributed by atoms with Crippen LogP contribution in [0.3, 0.4) is 0 Å². The molecule has 2 rings (SSSR count). The lowest BCUT2D eigenvalue weighted by Crippen LogP contribution is -2.19. The van der Waals surface area contributed by atoms with Crippen LogP contribution in [0.2, 0.25) is 0 Å². The average molecular weight is 342 g/mol. The monoisotopic (exact) mass is 341 g/mol. The van der Waals surface area contributed by atoms with Gasteiger partial charge >= 0.3 is 0 Å². The first-order valence-corrected chi connectivity index (χ1v) is 8.00. The van der Waals surface area contributed by atoms with Crippen LogP contribution < -0.4 is 5.32 Å². The lowest BCUT2D eigenvalue weighted by atomic mass is 10.0. The Morgan fingerprint density at radius 3 is 2.74 bits per heavy atom. The number of benzene rings is 1. The SMILES string of the molecule is CCc1ccsc1C(Cc1ccc(Br)cc1F)NC. The summed E-state index contributed by atoms with van der Waals surface area (Å²) in [7, 11) is 1.93. The number of hydrogen-bond acceptors (Lipinski definition) is 2. The van der Waals surface area contributed by atoms with Crippen molar-refractivity contribution in [2.24, 2.45) is 0 Å². The summed E-state index contributed by atoms with van der Waals surface area (Å²) in [6.45, 7) is 2.15. The van der Waals surface area contributed by atoms with Crippen LogP contribution in [0.4, 0.5) is 4.39 Å². The number of hydrogen-bond donors (Lipinski definition) is 1. The van der Waals surface area contributed by atoms with Crippen LogP contribution in [0, 0.1) is 5.82 Å². The molecular weight excluding hydrogens is 325 g/mol. The zero-order chi connectivity index (χ0) is 13.8. The molecule has 0 aliphatic carbocycles. The van der Waals surface area contributed by atoms with Crippen molar-refractivity contribution < 1.29 is 4.39 Å². The van der Waals surface area contributed by atoms with Crippen molar-refractivity contribution in [2.45, 2.75) is 25.8 Å². The fourth-order valence-electron chi connectivity index (χ4n) is 2.18. The molecule has 1 unspecified atom stereocenters. The Kier molecular flexibility index (Phi) is 5.13. The molecule has 0 spiro atoms. The van der Waals surface area contributed by atoms with E-state index in [1.807, 2.05) is 19.2 Å². The summed E-state index contributed by atoms with van der Waals surface area (Å²) in [5, 5.41) is 5.41. The predicted octanol–water partition coefficient (Wildman–Crippen LogP) is 4.72. The molecule has 0 aliphatic heterocycles. The van der Waals surface area contributed by atoms with Gasteiger partial charge in [0.1, 0.15) is 5.82 Å². The Labute approximate surface area is 126 Å². The summed E-state index contributed by atoms with van der Waals surface area (Å²) in [5.41, 5.74) is 2.10. The third kappa shape index (κ3) is 3.44. The summed E-state index contributed by atoms with van der Waals surface area (Å²) in [5.74, 6) is -0.149. The van der Waals surface area contributed by atoms with Gasteiger partial charge in [0.15, 0.2) is 0 Å². The van der Waals surface area contributed by atoms with E-state index < -0.39 is 0 Å². The van der Waals surface area contributed by atoms with E-state index in [4.69, 9.17) is 0 Å². The first-order valence-electron chi connectivity index (χ1n) is 6.33. The van der Waals surface area contributed by atoms with Crippen LogP contribution in [0.25, 0.3) is 0 Å². The van der Waals surface area contributed by atoms with Crippen LogP contribution in [0.1, 0.15) is 29.0 Å². The molecule has 0 fully saturated rings. The molecule has 1 heterocycles. The van der Waals surface area contributed by atoms with E-state index in [9.17, 15) is 4.39 Å². The molecule has 1 aromatic carbocycles. The smallest absolute Gasteiger partial charge is 0.127 e. The van der Waals surface area contributed by atoms with Crippen molar-refractivity contribution in [3.8, 4) is 0 Å². The number of aryl methyl sites for hydroxylation is 1. The van der Waals surface area contributed by atoms with Gasteiger partial charge in [-0.05, 0) is 54.6 Å². The number of nitrogens with one attached hydrogen (secondary N) is 1. The summed E-state index contributed by atoms with van der Waals surface area (Å²) in [4.78, 5) is 1.31. The van der Waals surface area contributed by atoms with Crippen LogP contribution in [-0.2, 0) is 12.8 Å². The Morgan fingerprint density at radius 1 is 1.32 bits per heavy atom. The number of thiophene rings is 1. The summed E-state index contributed by atoms with van der Waals surface area (Å²) in [6, 6.07) is 7.59. The fraction of sp³-hybridized carbons (Fsp3) is 0.333. The molecular formula is C15H17BrFNS. The topological polar surface area (TPSA) is 12.0 Å². The van der Waals surface area contributed by atoms with E-state index in [0.717, 1.165) is 16.5 Å². The Morgan fingerprint density at radius 2 is 2.11 bits per heavy atom. The second-order valence-corrected chi connectivity index (χ2v) is 6.31. The number of halogens is 2. The van der Waals surface area contributed by atoms with Gasteiger partial charge in [0.2, 0.25) is 0 Å². The van der Waals surface area contributed by atoms with E-state index in [1.54, 1.807) is 11.3 Å². The van der Waals surface area contributed by atoms with Crippen LogP contribution >= 0.6 is 27.3 Å². The van der Waals surface area contributed by atoms with Gasteiger partial charge < -0.3 is 5.32 Å². The van der Waals surface area contributed by atoms with E-state index in [1.165, 1.54) is 16.5 Å². The highest BCUT2D eigenvalue weighted by Gasteiger charge is 2.16. The molecule has 1 atom stereocenters. The molecule has 0 amide bonds. The molecule has 1 aromatic heterocycles. The van der Waals surface area contributed by atoms with E-state index in [0.29, 0.717) is 6.42 Å². The zero-order valence-electron chi connectivity index (χ0n) is 11.0. The lowest BCUT2D eigenvalue weighted by Gasteiger charge is -2.17. The summed E-state index contributed by atoms with van der Waals surface area (Å²) >= 11 is 5.03. The fourth-order valence-corrected chi connectivity index (χ4v) is 3.62. The molecule has 0 saturated carbocycles. The molecule has 1 N–H and O–H groups in total. The minimum Gasteiger partial charge on any atom is -0.312 e. The highest BCUT2D eigenvalue weighted by molar-refractivity contribution is 9.10. The van der Waals surface area contributed by atoms with Crippen molar-refractivity contribution in [3.05, 3.63) is 55.9 Å². The molecule has 2 aromatic rings. The Bertz CT molecular complexity index is 553. The quantitative estimate of drug-likeness (QED) is 0.829. The molecule has 102 valence electrons. The zero-order valence-corrected chi connectivity index (χ0v) is 13.4. The van der Waals surface area contributed by atoms with Gasteiger partial charge in [-0.15, -0.1) is 11.3 Å². The van der Waals surface area contributed by atoms with Gasteiger partial charge in [-0.3, -0.25) is 0 Å². The van der Waals surface area contributed by atoms with E-state index >= 15 is 0 Å². The average Bonchev–Trinajstić information content (AvgIpc) is 2.86. The maximum absolute atomic E-state index is 13.9. The second kappa shape index (κ2) is 6.64. The van der Waals surface area contributed by atoms with Gasteiger partial charge in [-0.1, -0.05) is 28.9 Å². The molecule has 0 aliphatic rings. The maximum atomic E-state index is 13.9. The predicted molar refractivity (Wildman–Crippen MR) is 83.3 cm³/mol. The number of likely N-dealkylation sites (N-methyl/N-ethyl adjacent to an activating group) is 1. The van der Waals surface area contributed by atoms with Crippen molar-refractivity contribution in [1.82, 2.24) is 5.32 Å². The third-order valence-corrected chi connectivity index (χ3v) is 4.83. The third-order valence-electron chi connectivity index (χ3n) is 3.27. The summed E-state index contributed by atoms with van der Waals surface area (Å²) in [6.07, 6.45) is 1.68. The first-order chi connectivity index (χ1) is 9.15. The van der Waals surface area contributed by atoms with Crippen molar-refractivity contribution in [2.75, 3.05) is 7.05 Å².